The minimum atomic E-state index is -0.386. The third-order valence-corrected chi connectivity index (χ3v) is 4.07. The topological polar surface area (TPSA) is 71.1 Å². The van der Waals surface area contributed by atoms with E-state index in [2.05, 4.69) is 31.8 Å². The van der Waals surface area contributed by atoms with Crippen LogP contribution in [0, 0.1) is 0 Å². The summed E-state index contributed by atoms with van der Waals surface area (Å²) in [6.45, 7) is 0. The molecule has 5 nitrogen and oxygen atoms in total. The molecule has 0 aliphatic rings. The summed E-state index contributed by atoms with van der Waals surface area (Å²) < 4.78 is 0.877. The van der Waals surface area contributed by atoms with Crippen LogP contribution in [-0.2, 0) is 0 Å². The Hall–Kier alpha value is -2.99. The van der Waals surface area contributed by atoms with E-state index in [1.165, 1.54) is 0 Å². The lowest BCUT2D eigenvalue weighted by atomic mass is 10.1. The van der Waals surface area contributed by atoms with Gasteiger partial charge in [-0.3, -0.25) is 25.4 Å². The molecule has 1 aromatic heterocycles. The van der Waals surface area contributed by atoms with Gasteiger partial charge in [0.25, 0.3) is 11.8 Å². The first-order valence-corrected chi connectivity index (χ1v) is 8.29. The number of carbonyl (C=O) groups is 2. The number of pyridine rings is 1. The standard InChI is InChI=1S/C19H14BrN3O2/c20-17-9-7-15(8-10-17)19(25)23-22-18(24)14-5-3-13(4-6-14)16-2-1-11-21-12-16/h1-12H,(H,22,24)(H,23,25). The van der Waals surface area contributed by atoms with Crippen LogP contribution in [0.15, 0.2) is 77.5 Å². The average molecular weight is 396 g/mol. The second-order valence-electron chi connectivity index (χ2n) is 5.23. The fourth-order valence-corrected chi connectivity index (χ4v) is 2.47. The SMILES string of the molecule is O=C(NNC(=O)c1ccc(-c2cccnc2)cc1)c1ccc(Br)cc1. The van der Waals surface area contributed by atoms with E-state index in [4.69, 9.17) is 0 Å². The molecule has 0 saturated heterocycles. The summed E-state index contributed by atoms with van der Waals surface area (Å²) in [6.07, 6.45) is 3.47. The van der Waals surface area contributed by atoms with Gasteiger partial charge in [0.05, 0.1) is 0 Å². The van der Waals surface area contributed by atoms with E-state index in [0.29, 0.717) is 11.1 Å². The number of amides is 2. The molecule has 0 radical (unpaired) electrons. The number of halogens is 1. The van der Waals surface area contributed by atoms with E-state index >= 15 is 0 Å². The Labute approximate surface area is 153 Å². The lowest BCUT2D eigenvalue weighted by Gasteiger charge is -2.08. The van der Waals surface area contributed by atoms with Crippen LogP contribution < -0.4 is 10.9 Å². The van der Waals surface area contributed by atoms with Gasteiger partial charge in [-0.05, 0) is 53.6 Å². The first kappa shape index (κ1) is 16.9. The van der Waals surface area contributed by atoms with Gasteiger partial charge in [0.1, 0.15) is 0 Å². The Morgan fingerprint density at radius 3 is 1.84 bits per heavy atom. The molecule has 2 amide bonds. The highest BCUT2D eigenvalue weighted by molar-refractivity contribution is 9.10. The second kappa shape index (κ2) is 7.72. The van der Waals surface area contributed by atoms with Crippen molar-refractivity contribution in [3.05, 3.63) is 88.7 Å². The van der Waals surface area contributed by atoms with E-state index in [0.717, 1.165) is 15.6 Å². The van der Waals surface area contributed by atoms with Crippen LogP contribution in [-0.4, -0.2) is 16.8 Å². The number of hydrogen-bond acceptors (Lipinski definition) is 3. The van der Waals surface area contributed by atoms with Crippen molar-refractivity contribution >= 4 is 27.7 Å². The number of nitrogens with one attached hydrogen (secondary N) is 2. The number of carbonyl (C=O) groups excluding carboxylic acids is 2. The van der Waals surface area contributed by atoms with Crippen molar-refractivity contribution in [2.75, 3.05) is 0 Å². The zero-order valence-corrected chi connectivity index (χ0v) is 14.7. The summed E-state index contributed by atoms with van der Waals surface area (Å²) in [7, 11) is 0. The highest BCUT2D eigenvalue weighted by Crippen LogP contribution is 2.18. The summed E-state index contributed by atoms with van der Waals surface area (Å²) in [5.41, 5.74) is 7.64. The quantitative estimate of drug-likeness (QED) is 0.665. The number of nitrogens with zero attached hydrogens (tertiary/aromatic N) is 1. The van der Waals surface area contributed by atoms with E-state index in [-0.39, 0.29) is 11.8 Å². The van der Waals surface area contributed by atoms with Crippen LogP contribution in [0.1, 0.15) is 20.7 Å². The third-order valence-electron chi connectivity index (χ3n) is 3.54. The largest absolute Gasteiger partial charge is 0.269 e. The Morgan fingerprint density at radius 2 is 1.32 bits per heavy atom. The van der Waals surface area contributed by atoms with Gasteiger partial charge in [0.15, 0.2) is 0 Å². The number of benzene rings is 2. The van der Waals surface area contributed by atoms with Gasteiger partial charge in [-0.1, -0.05) is 34.1 Å². The van der Waals surface area contributed by atoms with E-state index in [1.54, 1.807) is 48.8 Å². The molecule has 25 heavy (non-hydrogen) atoms. The molecule has 0 aliphatic carbocycles. The van der Waals surface area contributed by atoms with Gasteiger partial charge >= 0.3 is 0 Å². The molecule has 0 atom stereocenters. The molecule has 2 N–H and O–H groups in total. The molecular weight excluding hydrogens is 382 g/mol. The average Bonchev–Trinajstić information content (AvgIpc) is 2.67. The molecule has 0 spiro atoms. The van der Waals surface area contributed by atoms with Crippen molar-refractivity contribution < 1.29 is 9.59 Å². The predicted octanol–water partition coefficient (Wildman–Crippen LogP) is 3.59. The van der Waals surface area contributed by atoms with Gasteiger partial charge in [0, 0.05) is 28.0 Å². The third kappa shape index (κ3) is 4.30. The molecular formula is C19H14BrN3O2. The molecule has 3 rings (SSSR count). The number of aromatic nitrogens is 1. The molecule has 124 valence electrons. The summed E-state index contributed by atoms with van der Waals surface area (Å²) in [5.74, 6) is -0.768. The van der Waals surface area contributed by atoms with Crippen LogP contribution in [0.25, 0.3) is 11.1 Å². The van der Waals surface area contributed by atoms with E-state index in [9.17, 15) is 9.59 Å². The molecule has 0 fully saturated rings. The monoisotopic (exact) mass is 395 g/mol. The van der Waals surface area contributed by atoms with Gasteiger partial charge in [0.2, 0.25) is 0 Å². The van der Waals surface area contributed by atoms with Crippen LogP contribution in [0.5, 0.6) is 0 Å². The minimum absolute atomic E-state index is 0.382. The van der Waals surface area contributed by atoms with Gasteiger partial charge in [-0.25, -0.2) is 0 Å². The van der Waals surface area contributed by atoms with Crippen molar-refractivity contribution in [2.45, 2.75) is 0 Å². The van der Waals surface area contributed by atoms with Gasteiger partial charge in [-0.2, -0.15) is 0 Å². The number of hydrazine groups is 1. The zero-order valence-electron chi connectivity index (χ0n) is 13.1. The van der Waals surface area contributed by atoms with Crippen molar-refractivity contribution in [2.24, 2.45) is 0 Å². The van der Waals surface area contributed by atoms with Crippen molar-refractivity contribution in [1.82, 2.24) is 15.8 Å². The van der Waals surface area contributed by atoms with Gasteiger partial charge < -0.3 is 0 Å². The first-order chi connectivity index (χ1) is 12.1. The normalized spacial score (nSPS) is 10.1. The fraction of sp³-hybridized carbons (Fsp3) is 0. The fourth-order valence-electron chi connectivity index (χ4n) is 2.21. The van der Waals surface area contributed by atoms with Crippen molar-refractivity contribution in [3.8, 4) is 11.1 Å². The maximum atomic E-state index is 12.1. The number of rotatable bonds is 3. The van der Waals surface area contributed by atoms with Crippen molar-refractivity contribution in [1.29, 1.82) is 0 Å². The molecule has 0 unspecified atom stereocenters. The van der Waals surface area contributed by atoms with E-state index < -0.39 is 0 Å². The van der Waals surface area contributed by atoms with Gasteiger partial charge in [-0.15, -0.1) is 0 Å². The summed E-state index contributed by atoms with van der Waals surface area (Å²) in [4.78, 5) is 28.2. The lowest BCUT2D eigenvalue weighted by molar-refractivity contribution is 0.0846. The summed E-state index contributed by atoms with van der Waals surface area (Å²) in [5, 5.41) is 0. The summed E-state index contributed by atoms with van der Waals surface area (Å²) in [6, 6.07) is 17.7. The highest BCUT2D eigenvalue weighted by atomic mass is 79.9. The Kier molecular flexibility index (Phi) is 5.20. The molecule has 0 bridgehead atoms. The van der Waals surface area contributed by atoms with Crippen LogP contribution in [0.2, 0.25) is 0 Å². The van der Waals surface area contributed by atoms with Crippen molar-refractivity contribution in [3.63, 3.8) is 0 Å². The van der Waals surface area contributed by atoms with E-state index in [1.807, 2.05) is 24.3 Å². The molecule has 1 heterocycles. The molecule has 2 aromatic carbocycles. The maximum absolute atomic E-state index is 12.1. The van der Waals surface area contributed by atoms with Crippen LogP contribution in [0.4, 0.5) is 0 Å². The summed E-state index contributed by atoms with van der Waals surface area (Å²) >= 11 is 3.30. The Balaban J connectivity index is 1.61. The molecule has 0 aliphatic heterocycles. The minimum Gasteiger partial charge on any atom is -0.267 e. The Morgan fingerprint density at radius 1 is 0.760 bits per heavy atom. The van der Waals surface area contributed by atoms with Crippen LogP contribution in [0.3, 0.4) is 0 Å². The molecule has 3 aromatic rings. The highest BCUT2D eigenvalue weighted by Gasteiger charge is 2.09. The number of hydrogen-bond donors (Lipinski definition) is 2. The maximum Gasteiger partial charge on any atom is 0.269 e. The Bertz CT molecular complexity index is 879. The predicted molar refractivity (Wildman–Crippen MR) is 98.7 cm³/mol. The van der Waals surface area contributed by atoms with Crippen LogP contribution >= 0.6 is 15.9 Å². The molecule has 6 heteroatoms. The zero-order chi connectivity index (χ0) is 17.6. The molecule has 0 saturated carbocycles. The smallest absolute Gasteiger partial charge is 0.267 e. The first-order valence-electron chi connectivity index (χ1n) is 7.50. The second-order valence-corrected chi connectivity index (χ2v) is 6.15. The lowest BCUT2D eigenvalue weighted by Crippen LogP contribution is -2.41.